The molecular weight excluding hydrogens is 672 g/mol. The zero-order valence-electron chi connectivity index (χ0n) is 26.4. The largest absolute Gasteiger partial charge is 0.321 e. The molecule has 1 aromatic heterocycles. The van der Waals surface area contributed by atoms with Crippen molar-refractivity contribution in [2.75, 3.05) is 10.6 Å². The van der Waals surface area contributed by atoms with Crippen molar-refractivity contribution in [3.05, 3.63) is 149 Å². The normalized spacial score (nSPS) is 11.9. The predicted molar refractivity (Wildman–Crippen MR) is 202 cm³/mol. The van der Waals surface area contributed by atoms with Gasteiger partial charge < -0.3 is 16.0 Å². The van der Waals surface area contributed by atoms with Gasteiger partial charge in [0.05, 0.1) is 10.9 Å². The second-order valence-corrected chi connectivity index (χ2v) is 13.5. The number of carbonyl (C=O) groups is 3. The highest BCUT2D eigenvalue weighted by Gasteiger charge is 2.21. The van der Waals surface area contributed by atoms with E-state index < -0.39 is 17.1 Å². The average Bonchev–Trinajstić information content (AvgIpc) is 3.59. The Hall–Kier alpha value is -5.22. The number of nitrogens with zero attached hydrogens (tertiary/aromatic N) is 1. The molecule has 10 heteroatoms. The van der Waals surface area contributed by atoms with Crippen LogP contribution in [0.3, 0.4) is 0 Å². The summed E-state index contributed by atoms with van der Waals surface area (Å²) in [5, 5.41) is 13.2. The average molecular weight is 703 g/mol. The summed E-state index contributed by atoms with van der Waals surface area (Å²) in [5.74, 6) is -1.06. The number of halogens is 1. The number of nitrogens with one attached hydrogen (secondary N) is 3. The molecule has 7 nitrogen and oxygen atoms in total. The van der Waals surface area contributed by atoms with Gasteiger partial charge in [0.2, 0.25) is 5.91 Å². The lowest BCUT2D eigenvalue weighted by atomic mass is 10.0. The number of aromatic nitrogens is 1. The molecule has 244 valence electrons. The summed E-state index contributed by atoms with van der Waals surface area (Å²) in [6, 6.07) is 37.1. The van der Waals surface area contributed by atoms with Crippen LogP contribution in [0, 0.1) is 0 Å². The van der Waals surface area contributed by atoms with Gasteiger partial charge in [-0.25, -0.2) is 4.98 Å². The summed E-state index contributed by atoms with van der Waals surface area (Å²) in [6.07, 6.45) is 2.25. The first-order valence-corrected chi connectivity index (χ1v) is 17.7. The number of hydrogen-bond donors (Lipinski definition) is 3. The molecule has 0 bridgehead atoms. The third-order valence-electron chi connectivity index (χ3n) is 7.57. The van der Waals surface area contributed by atoms with Crippen LogP contribution in [0.1, 0.15) is 29.3 Å². The summed E-state index contributed by atoms with van der Waals surface area (Å²) >= 11 is 9.06. The number of rotatable bonds is 11. The van der Waals surface area contributed by atoms with Gasteiger partial charge >= 0.3 is 0 Å². The highest BCUT2D eigenvalue weighted by Crippen LogP contribution is 2.32. The molecule has 0 spiro atoms. The lowest BCUT2D eigenvalue weighted by molar-refractivity contribution is -0.116. The van der Waals surface area contributed by atoms with Crippen LogP contribution in [0.15, 0.2) is 137 Å². The molecule has 0 saturated carbocycles. The second-order valence-electron chi connectivity index (χ2n) is 11.0. The SMILES string of the molecule is CCC(Sc1cccc(NC(=O)/C(=C\c2cccc3ccccc23)NC(=O)c2ccccc2)c1)C(=O)Nc1nc(-c2ccccc2Cl)cs1. The third-order valence-corrected chi connectivity index (χ3v) is 10.0. The van der Waals surface area contributed by atoms with Crippen LogP contribution in [0.4, 0.5) is 10.8 Å². The molecule has 1 heterocycles. The van der Waals surface area contributed by atoms with Crippen molar-refractivity contribution in [1.82, 2.24) is 10.3 Å². The van der Waals surface area contributed by atoms with Crippen molar-refractivity contribution in [3.8, 4) is 11.3 Å². The molecule has 3 amide bonds. The highest BCUT2D eigenvalue weighted by atomic mass is 35.5. The Morgan fingerprint density at radius 1 is 0.857 bits per heavy atom. The van der Waals surface area contributed by atoms with Gasteiger partial charge in [-0.15, -0.1) is 23.1 Å². The van der Waals surface area contributed by atoms with E-state index in [0.717, 1.165) is 26.8 Å². The number of fused-ring (bicyclic) bond motifs is 1. The maximum Gasteiger partial charge on any atom is 0.272 e. The zero-order valence-corrected chi connectivity index (χ0v) is 28.7. The number of thiazole rings is 1. The Morgan fingerprint density at radius 3 is 2.41 bits per heavy atom. The summed E-state index contributed by atoms with van der Waals surface area (Å²) in [4.78, 5) is 45.6. The van der Waals surface area contributed by atoms with E-state index in [1.807, 2.05) is 97.2 Å². The van der Waals surface area contributed by atoms with Crippen LogP contribution in [0.2, 0.25) is 5.02 Å². The molecule has 0 fully saturated rings. The quantitative estimate of drug-likeness (QED) is 0.0923. The molecule has 49 heavy (non-hydrogen) atoms. The van der Waals surface area contributed by atoms with Gasteiger partial charge in [0.1, 0.15) is 5.70 Å². The molecule has 0 aliphatic carbocycles. The fourth-order valence-electron chi connectivity index (χ4n) is 5.12. The van der Waals surface area contributed by atoms with Crippen molar-refractivity contribution < 1.29 is 14.4 Å². The van der Waals surface area contributed by atoms with Crippen LogP contribution in [-0.2, 0) is 9.59 Å². The molecule has 3 N–H and O–H groups in total. The second kappa shape index (κ2) is 15.8. The van der Waals surface area contributed by atoms with Crippen molar-refractivity contribution in [2.45, 2.75) is 23.5 Å². The summed E-state index contributed by atoms with van der Waals surface area (Å²) in [5.41, 5.74) is 3.33. The number of hydrogen-bond acceptors (Lipinski definition) is 6. The van der Waals surface area contributed by atoms with E-state index >= 15 is 0 Å². The van der Waals surface area contributed by atoms with E-state index in [4.69, 9.17) is 11.6 Å². The van der Waals surface area contributed by atoms with Gasteiger partial charge in [0.15, 0.2) is 5.13 Å². The molecule has 6 aromatic rings. The van der Waals surface area contributed by atoms with Gasteiger partial charge in [0.25, 0.3) is 11.8 Å². The number of anilines is 2. The molecule has 0 saturated heterocycles. The topological polar surface area (TPSA) is 100 Å². The molecular formula is C39H31ClN4O3S2. The van der Waals surface area contributed by atoms with Gasteiger partial charge in [-0.2, -0.15) is 0 Å². The van der Waals surface area contributed by atoms with E-state index in [2.05, 4.69) is 20.9 Å². The standard InChI is InChI=1S/C39H31ClN4O3S2/c1-2-35(38(47)44-39-43-34(24-48-39)31-20-8-9-21-32(31)40)49-29-18-11-17-28(23-29)41-37(46)33(42-36(45)26-13-4-3-5-14-26)22-27-16-10-15-25-12-6-7-19-30(25)27/h3-24,35H,2H2,1H3,(H,41,46)(H,42,45)(H,43,44,47)/b33-22+. The van der Waals surface area contributed by atoms with E-state index in [0.29, 0.717) is 33.5 Å². The van der Waals surface area contributed by atoms with Gasteiger partial charge in [-0.05, 0) is 65.2 Å². The van der Waals surface area contributed by atoms with Crippen LogP contribution in [0.25, 0.3) is 28.1 Å². The minimum atomic E-state index is -0.484. The fourth-order valence-corrected chi connectivity index (χ4v) is 7.08. The smallest absolute Gasteiger partial charge is 0.272 e. The van der Waals surface area contributed by atoms with E-state index in [1.165, 1.54) is 23.1 Å². The van der Waals surface area contributed by atoms with E-state index in [-0.39, 0.29) is 11.6 Å². The van der Waals surface area contributed by atoms with Crippen LogP contribution in [-0.4, -0.2) is 28.0 Å². The lowest BCUT2D eigenvalue weighted by Gasteiger charge is -2.15. The monoisotopic (exact) mass is 702 g/mol. The zero-order chi connectivity index (χ0) is 34.2. The fraction of sp³-hybridized carbons (Fsp3) is 0.0769. The molecule has 5 aromatic carbocycles. The highest BCUT2D eigenvalue weighted by molar-refractivity contribution is 8.00. The maximum absolute atomic E-state index is 13.8. The van der Waals surface area contributed by atoms with Crippen LogP contribution >= 0.6 is 34.7 Å². The maximum atomic E-state index is 13.8. The van der Waals surface area contributed by atoms with Crippen molar-refractivity contribution >= 4 is 80.1 Å². The first-order valence-electron chi connectivity index (χ1n) is 15.5. The molecule has 0 aliphatic rings. The predicted octanol–water partition coefficient (Wildman–Crippen LogP) is 9.54. The number of thioether (sulfide) groups is 1. The number of benzene rings is 5. The first kappa shape index (κ1) is 33.7. The summed E-state index contributed by atoms with van der Waals surface area (Å²) < 4.78 is 0. The third kappa shape index (κ3) is 8.45. The van der Waals surface area contributed by atoms with Crippen molar-refractivity contribution in [3.63, 3.8) is 0 Å². The van der Waals surface area contributed by atoms with Gasteiger partial charge in [-0.3, -0.25) is 14.4 Å². The first-order chi connectivity index (χ1) is 23.9. The molecule has 0 radical (unpaired) electrons. The minimum Gasteiger partial charge on any atom is -0.321 e. The molecule has 6 rings (SSSR count). The molecule has 1 atom stereocenters. The summed E-state index contributed by atoms with van der Waals surface area (Å²) in [6.45, 7) is 1.94. The Labute approximate surface area is 297 Å². The number of amides is 3. The van der Waals surface area contributed by atoms with Gasteiger partial charge in [-0.1, -0.05) is 103 Å². The van der Waals surface area contributed by atoms with E-state index in [1.54, 1.807) is 42.5 Å². The van der Waals surface area contributed by atoms with Crippen LogP contribution < -0.4 is 16.0 Å². The number of carbonyl (C=O) groups excluding carboxylic acids is 3. The lowest BCUT2D eigenvalue weighted by Crippen LogP contribution is -2.30. The van der Waals surface area contributed by atoms with Crippen molar-refractivity contribution in [2.24, 2.45) is 0 Å². The Kier molecular flexibility index (Phi) is 10.8. The van der Waals surface area contributed by atoms with Crippen molar-refractivity contribution in [1.29, 1.82) is 0 Å². The van der Waals surface area contributed by atoms with Crippen LogP contribution in [0.5, 0.6) is 0 Å². The Balaban J connectivity index is 1.18. The Bertz CT molecular complexity index is 2160. The Morgan fingerprint density at radius 2 is 1.59 bits per heavy atom. The van der Waals surface area contributed by atoms with E-state index in [9.17, 15) is 14.4 Å². The molecule has 0 aliphatic heterocycles. The summed E-state index contributed by atoms with van der Waals surface area (Å²) in [7, 11) is 0. The van der Waals surface area contributed by atoms with Gasteiger partial charge in [0, 0.05) is 32.1 Å². The minimum absolute atomic E-state index is 0.0914. The molecule has 1 unspecified atom stereocenters.